The van der Waals surface area contributed by atoms with E-state index in [4.69, 9.17) is 16.6 Å². The second-order valence-electron chi connectivity index (χ2n) is 5.23. The van der Waals surface area contributed by atoms with E-state index in [1.165, 1.54) is 0 Å². The van der Waals surface area contributed by atoms with E-state index in [1.807, 2.05) is 31.2 Å². The Hall–Kier alpha value is -3.29. The summed E-state index contributed by atoms with van der Waals surface area (Å²) >= 11 is 0. The average molecular weight is 335 g/mol. The molecule has 0 aliphatic carbocycles. The second-order valence-corrected chi connectivity index (χ2v) is 5.23. The predicted molar refractivity (Wildman–Crippen MR) is 95.6 cm³/mol. The summed E-state index contributed by atoms with van der Waals surface area (Å²) in [5.41, 5.74) is 2.67. The number of benzene rings is 1. The number of hydrogen-bond donors (Lipinski definition) is 2. The Bertz CT molecular complexity index is 1000. The van der Waals surface area contributed by atoms with Crippen LogP contribution in [-0.2, 0) is 0 Å². The molecule has 126 valence electrons. The van der Waals surface area contributed by atoms with Crippen molar-refractivity contribution < 1.29 is 9.68 Å². The summed E-state index contributed by atoms with van der Waals surface area (Å²) in [6, 6.07) is 11.2. The van der Waals surface area contributed by atoms with Crippen molar-refractivity contribution in [2.75, 3.05) is 0 Å². The molecule has 7 nitrogen and oxygen atoms in total. The van der Waals surface area contributed by atoms with Crippen molar-refractivity contribution in [3.8, 4) is 11.5 Å². The first-order chi connectivity index (χ1) is 12.2. The van der Waals surface area contributed by atoms with E-state index in [1.54, 1.807) is 36.9 Å². The van der Waals surface area contributed by atoms with Gasteiger partial charge in [-0.2, -0.15) is 11.8 Å². The fraction of sp³-hybridized carbons (Fsp3) is 0.0556. The first kappa shape index (κ1) is 16.6. The van der Waals surface area contributed by atoms with E-state index in [-0.39, 0.29) is 0 Å². The minimum absolute atomic E-state index is 0.591. The fourth-order valence-electron chi connectivity index (χ4n) is 2.44. The quantitative estimate of drug-likeness (QED) is 0.542. The summed E-state index contributed by atoms with van der Waals surface area (Å²) in [5, 5.41) is 1.77. The van der Waals surface area contributed by atoms with Gasteiger partial charge in [0, 0.05) is 41.8 Å². The summed E-state index contributed by atoms with van der Waals surface area (Å²) in [7, 11) is 0. The van der Waals surface area contributed by atoms with Crippen LogP contribution in [0.5, 0.6) is 11.5 Å². The molecule has 0 amide bonds. The molecular weight excluding hydrogens is 318 g/mol. The number of rotatable bonds is 2. The highest BCUT2D eigenvalue weighted by Crippen LogP contribution is 2.26. The second kappa shape index (κ2) is 7.52. The molecule has 0 saturated heterocycles. The zero-order chi connectivity index (χ0) is 17.6. The standard InChI is InChI=1S/C10H10N2O.C8H7N3O/c1-7-6-12-9-5-3-2-4-8(9)10(7)13-11;9-12-8-2-4-11-7-1-3-10-5-6(7)8/h2-6H,11H2,1H3;1-5H,9H2. The number of pyridine rings is 3. The van der Waals surface area contributed by atoms with Gasteiger partial charge in [-0.1, -0.05) is 12.1 Å². The van der Waals surface area contributed by atoms with Gasteiger partial charge in [0.1, 0.15) is 0 Å². The van der Waals surface area contributed by atoms with Crippen LogP contribution in [-0.4, -0.2) is 15.0 Å². The van der Waals surface area contributed by atoms with Gasteiger partial charge in [-0.25, -0.2) is 0 Å². The Kier molecular flexibility index (Phi) is 4.98. The molecule has 0 unspecified atom stereocenters. The van der Waals surface area contributed by atoms with Crippen molar-refractivity contribution >= 4 is 21.8 Å². The van der Waals surface area contributed by atoms with Crippen LogP contribution in [0.25, 0.3) is 21.8 Å². The Balaban J connectivity index is 0.000000146. The molecule has 3 aromatic heterocycles. The minimum Gasteiger partial charge on any atom is -0.411 e. The number of hydrogen-bond acceptors (Lipinski definition) is 7. The van der Waals surface area contributed by atoms with Gasteiger partial charge in [-0.05, 0) is 25.1 Å². The van der Waals surface area contributed by atoms with E-state index in [0.717, 1.165) is 27.4 Å². The molecule has 4 N–H and O–H groups in total. The van der Waals surface area contributed by atoms with Gasteiger partial charge in [0.2, 0.25) is 0 Å². The van der Waals surface area contributed by atoms with Gasteiger partial charge in [-0.15, -0.1) is 0 Å². The third-order valence-corrected chi connectivity index (χ3v) is 3.65. The molecule has 0 aliphatic rings. The number of nitrogens with two attached hydrogens (primary N) is 2. The third-order valence-electron chi connectivity index (χ3n) is 3.65. The summed E-state index contributed by atoms with van der Waals surface area (Å²) in [5.74, 6) is 11.5. The van der Waals surface area contributed by atoms with Crippen molar-refractivity contribution in [2.45, 2.75) is 6.92 Å². The van der Waals surface area contributed by atoms with E-state index in [2.05, 4.69) is 19.8 Å². The number of aromatic nitrogens is 3. The molecule has 0 radical (unpaired) electrons. The molecule has 4 aromatic rings. The topological polar surface area (TPSA) is 109 Å². The lowest BCUT2D eigenvalue weighted by Gasteiger charge is -2.05. The van der Waals surface area contributed by atoms with Gasteiger partial charge in [0.05, 0.1) is 16.4 Å². The molecular formula is C18H17N5O2. The number of fused-ring (bicyclic) bond motifs is 2. The average Bonchev–Trinajstić information content (AvgIpc) is 2.68. The van der Waals surface area contributed by atoms with Crippen molar-refractivity contribution in [2.24, 2.45) is 11.8 Å². The van der Waals surface area contributed by atoms with Gasteiger partial charge in [-0.3, -0.25) is 15.0 Å². The number of para-hydroxylation sites is 1. The summed E-state index contributed by atoms with van der Waals surface area (Å²) < 4.78 is 0. The molecule has 0 spiro atoms. The van der Waals surface area contributed by atoms with Gasteiger partial charge >= 0.3 is 0 Å². The van der Waals surface area contributed by atoms with Crippen LogP contribution in [0.3, 0.4) is 0 Å². The largest absolute Gasteiger partial charge is 0.411 e. The normalized spacial score (nSPS) is 10.2. The summed E-state index contributed by atoms with van der Waals surface area (Å²) in [6.45, 7) is 1.92. The van der Waals surface area contributed by atoms with Crippen LogP contribution in [0.4, 0.5) is 0 Å². The van der Waals surface area contributed by atoms with Crippen LogP contribution in [0.15, 0.2) is 61.2 Å². The summed E-state index contributed by atoms with van der Waals surface area (Å²) in [4.78, 5) is 21.8. The highest BCUT2D eigenvalue weighted by atomic mass is 16.6. The molecule has 0 atom stereocenters. The lowest BCUT2D eigenvalue weighted by atomic mass is 10.1. The van der Waals surface area contributed by atoms with Crippen molar-refractivity contribution in [3.05, 3.63) is 66.7 Å². The molecule has 3 heterocycles. The Labute approximate surface area is 144 Å². The molecule has 25 heavy (non-hydrogen) atoms. The molecule has 7 heteroatoms. The summed E-state index contributed by atoms with van der Waals surface area (Å²) in [6.07, 6.45) is 6.75. The first-order valence-electron chi connectivity index (χ1n) is 7.51. The third kappa shape index (κ3) is 3.47. The minimum atomic E-state index is 0.591. The van der Waals surface area contributed by atoms with Crippen molar-refractivity contribution in [1.82, 2.24) is 15.0 Å². The SMILES string of the molecule is Cc1cnc2ccccc2c1ON.NOc1ccnc2ccncc12. The fourth-order valence-corrected chi connectivity index (χ4v) is 2.44. The van der Waals surface area contributed by atoms with Crippen molar-refractivity contribution in [3.63, 3.8) is 0 Å². The van der Waals surface area contributed by atoms with E-state index < -0.39 is 0 Å². The molecule has 4 rings (SSSR count). The Morgan fingerprint density at radius 1 is 0.800 bits per heavy atom. The van der Waals surface area contributed by atoms with Crippen LogP contribution in [0, 0.1) is 6.92 Å². The maximum absolute atomic E-state index is 5.19. The Morgan fingerprint density at radius 3 is 2.40 bits per heavy atom. The van der Waals surface area contributed by atoms with Crippen LogP contribution in [0.1, 0.15) is 5.56 Å². The molecule has 0 fully saturated rings. The molecule has 1 aromatic carbocycles. The van der Waals surface area contributed by atoms with Crippen LogP contribution < -0.4 is 21.5 Å². The maximum Gasteiger partial charge on any atom is 0.160 e. The number of nitrogens with zero attached hydrogens (tertiary/aromatic N) is 3. The van der Waals surface area contributed by atoms with Crippen molar-refractivity contribution in [1.29, 1.82) is 0 Å². The molecule has 0 bridgehead atoms. The van der Waals surface area contributed by atoms with E-state index in [0.29, 0.717) is 11.5 Å². The van der Waals surface area contributed by atoms with E-state index in [9.17, 15) is 0 Å². The van der Waals surface area contributed by atoms with E-state index >= 15 is 0 Å². The zero-order valence-electron chi connectivity index (χ0n) is 13.6. The highest BCUT2D eigenvalue weighted by molar-refractivity contribution is 5.86. The molecule has 0 aliphatic heterocycles. The van der Waals surface area contributed by atoms with Crippen LogP contribution in [0.2, 0.25) is 0 Å². The lowest BCUT2D eigenvalue weighted by Crippen LogP contribution is -2.04. The zero-order valence-corrected chi connectivity index (χ0v) is 13.6. The Morgan fingerprint density at radius 2 is 1.60 bits per heavy atom. The van der Waals surface area contributed by atoms with Gasteiger partial charge < -0.3 is 9.68 Å². The highest BCUT2D eigenvalue weighted by Gasteiger charge is 2.05. The monoisotopic (exact) mass is 335 g/mol. The predicted octanol–water partition coefficient (Wildman–Crippen LogP) is 2.68. The number of aryl methyl sites for hydroxylation is 1. The van der Waals surface area contributed by atoms with Gasteiger partial charge in [0.25, 0.3) is 0 Å². The first-order valence-corrected chi connectivity index (χ1v) is 7.51. The van der Waals surface area contributed by atoms with Crippen LogP contribution >= 0.6 is 0 Å². The van der Waals surface area contributed by atoms with Gasteiger partial charge in [0.15, 0.2) is 11.5 Å². The molecule has 0 saturated carbocycles. The maximum atomic E-state index is 5.19. The lowest BCUT2D eigenvalue weighted by molar-refractivity contribution is 0.336. The smallest absolute Gasteiger partial charge is 0.160 e.